The van der Waals surface area contributed by atoms with E-state index < -0.39 is 0 Å². The number of morpholine rings is 1. The van der Waals surface area contributed by atoms with Gasteiger partial charge in [0.2, 0.25) is 0 Å². The van der Waals surface area contributed by atoms with Crippen LogP contribution in [-0.4, -0.2) is 42.4 Å². The van der Waals surface area contributed by atoms with Gasteiger partial charge in [-0.05, 0) is 63.5 Å². The number of nitrogens with two attached hydrogens (primary N) is 1. The highest BCUT2D eigenvalue weighted by Gasteiger charge is 2.51. The van der Waals surface area contributed by atoms with Crippen molar-refractivity contribution in [1.29, 1.82) is 0 Å². The molecule has 3 N–H and O–H groups in total. The standard InChI is InChI=1S/C20H32N4O/c1-4-17-18(22-16-9-20(10-16)7-15(21)8-20)5-6-19(23-17)24-11-13(2)25-14(3)12-24/h5-6,13-16,22H,4,7-12,21H2,1-3H3. The average molecular weight is 345 g/mol. The Labute approximate surface area is 151 Å². The van der Waals surface area contributed by atoms with Gasteiger partial charge in [-0.2, -0.15) is 0 Å². The lowest BCUT2D eigenvalue weighted by Crippen LogP contribution is -2.57. The van der Waals surface area contributed by atoms with Gasteiger partial charge in [0, 0.05) is 25.2 Å². The number of hydrogen-bond donors (Lipinski definition) is 2. The van der Waals surface area contributed by atoms with Gasteiger partial charge in [0.25, 0.3) is 0 Å². The lowest BCUT2D eigenvalue weighted by molar-refractivity contribution is -0.00546. The summed E-state index contributed by atoms with van der Waals surface area (Å²) in [7, 11) is 0. The van der Waals surface area contributed by atoms with Gasteiger partial charge in [-0.15, -0.1) is 0 Å². The van der Waals surface area contributed by atoms with Crippen molar-refractivity contribution in [3.05, 3.63) is 17.8 Å². The van der Waals surface area contributed by atoms with Crippen LogP contribution in [0.1, 0.15) is 52.1 Å². The molecule has 25 heavy (non-hydrogen) atoms. The van der Waals surface area contributed by atoms with Gasteiger partial charge in [0.1, 0.15) is 5.82 Å². The third-order valence-electron chi connectivity index (χ3n) is 6.15. The number of aryl methyl sites for hydroxylation is 1. The summed E-state index contributed by atoms with van der Waals surface area (Å²) >= 11 is 0. The van der Waals surface area contributed by atoms with Crippen LogP contribution in [0.2, 0.25) is 0 Å². The van der Waals surface area contributed by atoms with Crippen molar-refractivity contribution in [3.8, 4) is 0 Å². The van der Waals surface area contributed by atoms with Gasteiger partial charge in [0.15, 0.2) is 0 Å². The van der Waals surface area contributed by atoms with E-state index in [1.165, 1.54) is 37.1 Å². The molecule has 3 aliphatic rings. The van der Waals surface area contributed by atoms with Gasteiger partial charge in [-0.1, -0.05) is 6.92 Å². The first kappa shape index (κ1) is 17.1. The number of pyridine rings is 1. The number of ether oxygens (including phenoxy) is 1. The second-order valence-electron chi connectivity index (χ2n) is 8.60. The van der Waals surface area contributed by atoms with E-state index in [2.05, 4.69) is 43.1 Å². The molecule has 0 amide bonds. The summed E-state index contributed by atoms with van der Waals surface area (Å²) in [5, 5.41) is 3.74. The molecule has 2 atom stereocenters. The quantitative estimate of drug-likeness (QED) is 0.879. The largest absolute Gasteiger partial charge is 0.381 e. The molecule has 2 aliphatic carbocycles. The van der Waals surface area contributed by atoms with E-state index >= 15 is 0 Å². The fourth-order valence-corrected chi connectivity index (χ4v) is 5.13. The first-order chi connectivity index (χ1) is 12.0. The minimum absolute atomic E-state index is 0.258. The second kappa shape index (κ2) is 6.44. The highest BCUT2D eigenvalue weighted by Crippen LogP contribution is 2.55. The van der Waals surface area contributed by atoms with Crippen LogP contribution in [0.15, 0.2) is 12.1 Å². The topological polar surface area (TPSA) is 63.4 Å². The van der Waals surface area contributed by atoms with Crippen molar-refractivity contribution in [2.75, 3.05) is 23.3 Å². The molecule has 2 saturated carbocycles. The van der Waals surface area contributed by atoms with Gasteiger partial charge in [-0.25, -0.2) is 4.98 Å². The molecule has 1 aromatic rings. The maximum absolute atomic E-state index is 5.97. The Hall–Kier alpha value is -1.33. The number of hydrogen-bond acceptors (Lipinski definition) is 5. The molecule has 1 aliphatic heterocycles. The number of aromatic nitrogens is 1. The van der Waals surface area contributed by atoms with Crippen LogP contribution in [0.5, 0.6) is 0 Å². The smallest absolute Gasteiger partial charge is 0.129 e. The van der Waals surface area contributed by atoms with Crippen molar-refractivity contribution in [2.24, 2.45) is 11.1 Å². The molecule has 1 spiro atoms. The zero-order chi connectivity index (χ0) is 17.6. The molecule has 0 aromatic carbocycles. The van der Waals surface area contributed by atoms with Crippen molar-refractivity contribution >= 4 is 11.5 Å². The number of nitrogens with zero attached hydrogens (tertiary/aromatic N) is 2. The SMILES string of the molecule is CCc1nc(N2CC(C)OC(C)C2)ccc1NC1CC2(CC(N)C2)C1. The molecule has 138 valence electrons. The van der Waals surface area contributed by atoms with Crippen LogP contribution in [-0.2, 0) is 11.2 Å². The Bertz CT molecular complexity index is 610. The first-order valence-corrected chi connectivity index (χ1v) is 9.89. The fourth-order valence-electron chi connectivity index (χ4n) is 5.13. The van der Waals surface area contributed by atoms with Crippen molar-refractivity contribution in [2.45, 2.75) is 77.2 Å². The minimum Gasteiger partial charge on any atom is -0.381 e. The van der Waals surface area contributed by atoms with E-state index in [1.54, 1.807) is 0 Å². The number of nitrogens with one attached hydrogen (secondary N) is 1. The van der Waals surface area contributed by atoms with E-state index in [0.29, 0.717) is 17.5 Å². The number of rotatable bonds is 4. The third kappa shape index (κ3) is 3.36. The average Bonchev–Trinajstić information content (AvgIpc) is 2.50. The first-order valence-electron chi connectivity index (χ1n) is 9.89. The van der Waals surface area contributed by atoms with Gasteiger partial charge in [-0.3, -0.25) is 0 Å². The van der Waals surface area contributed by atoms with Crippen LogP contribution in [0.4, 0.5) is 11.5 Å². The Balaban J connectivity index is 1.42. The molecule has 3 fully saturated rings. The minimum atomic E-state index is 0.258. The van der Waals surface area contributed by atoms with Crippen LogP contribution in [0.3, 0.4) is 0 Å². The Morgan fingerprint density at radius 1 is 1.20 bits per heavy atom. The van der Waals surface area contributed by atoms with Crippen LogP contribution < -0.4 is 16.0 Å². The number of anilines is 2. The van der Waals surface area contributed by atoms with E-state index in [0.717, 1.165) is 25.3 Å². The summed E-state index contributed by atoms with van der Waals surface area (Å²) in [5.41, 5.74) is 8.93. The molecule has 0 radical (unpaired) electrons. The Morgan fingerprint density at radius 3 is 2.48 bits per heavy atom. The highest BCUT2D eigenvalue weighted by molar-refractivity contribution is 5.55. The molecular formula is C20H32N4O. The summed E-state index contributed by atoms with van der Waals surface area (Å²) < 4.78 is 5.85. The lowest BCUT2D eigenvalue weighted by atomic mass is 9.52. The molecule has 5 heteroatoms. The van der Waals surface area contributed by atoms with Crippen molar-refractivity contribution in [3.63, 3.8) is 0 Å². The maximum atomic E-state index is 5.97. The molecule has 0 bridgehead atoms. The normalized spacial score (nSPS) is 37.5. The van der Waals surface area contributed by atoms with Crippen LogP contribution in [0, 0.1) is 5.41 Å². The van der Waals surface area contributed by atoms with Crippen LogP contribution in [0.25, 0.3) is 0 Å². The molecule has 5 nitrogen and oxygen atoms in total. The second-order valence-corrected chi connectivity index (χ2v) is 8.60. The summed E-state index contributed by atoms with van der Waals surface area (Å²) in [6.07, 6.45) is 6.44. The van der Waals surface area contributed by atoms with Gasteiger partial charge >= 0.3 is 0 Å². The predicted octanol–water partition coefficient (Wildman–Crippen LogP) is 2.94. The summed E-state index contributed by atoms with van der Waals surface area (Å²) in [6.45, 7) is 8.29. The highest BCUT2D eigenvalue weighted by atomic mass is 16.5. The Kier molecular flexibility index (Phi) is 4.40. The van der Waals surface area contributed by atoms with Gasteiger partial charge < -0.3 is 20.7 Å². The summed E-state index contributed by atoms with van der Waals surface area (Å²) in [4.78, 5) is 7.32. The molecular weight excluding hydrogens is 312 g/mol. The van der Waals surface area contributed by atoms with Crippen molar-refractivity contribution < 1.29 is 4.74 Å². The van der Waals surface area contributed by atoms with E-state index in [1.807, 2.05) is 0 Å². The van der Waals surface area contributed by atoms with E-state index in [9.17, 15) is 0 Å². The monoisotopic (exact) mass is 344 g/mol. The van der Waals surface area contributed by atoms with Crippen LogP contribution >= 0.6 is 0 Å². The molecule has 1 aromatic heterocycles. The molecule has 1 saturated heterocycles. The zero-order valence-corrected chi connectivity index (χ0v) is 15.8. The molecule has 4 rings (SSSR count). The summed E-state index contributed by atoms with van der Waals surface area (Å²) in [5.74, 6) is 1.08. The molecule has 2 heterocycles. The zero-order valence-electron chi connectivity index (χ0n) is 15.8. The maximum Gasteiger partial charge on any atom is 0.129 e. The third-order valence-corrected chi connectivity index (χ3v) is 6.15. The summed E-state index contributed by atoms with van der Waals surface area (Å²) in [6, 6.07) is 5.43. The van der Waals surface area contributed by atoms with Crippen molar-refractivity contribution in [1.82, 2.24) is 4.98 Å². The van der Waals surface area contributed by atoms with Gasteiger partial charge in [0.05, 0.1) is 23.6 Å². The lowest BCUT2D eigenvalue weighted by Gasteiger charge is -2.57. The predicted molar refractivity (Wildman–Crippen MR) is 102 cm³/mol. The fraction of sp³-hybridized carbons (Fsp3) is 0.750. The van der Waals surface area contributed by atoms with E-state index in [-0.39, 0.29) is 12.2 Å². The van der Waals surface area contributed by atoms with E-state index in [4.69, 9.17) is 15.5 Å². The molecule has 2 unspecified atom stereocenters. The Morgan fingerprint density at radius 2 is 1.88 bits per heavy atom.